The van der Waals surface area contributed by atoms with Crippen LogP contribution in [0.4, 0.5) is 5.69 Å². The lowest BCUT2D eigenvalue weighted by molar-refractivity contribution is 0.645. The Hall–Kier alpha value is -0.690. The molecule has 0 bridgehead atoms. The van der Waals surface area contributed by atoms with Gasteiger partial charge in [0.25, 0.3) is 0 Å². The van der Waals surface area contributed by atoms with E-state index < -0.39 is 0 Å². The molecule has 0 spiro atoms. The Balaban J connectivity index is 2.36. The molecule has 0 radical (unpaired) electrons. The number of unbranched alkanes of at least 4 members (excludes halogenated alkanes) is 4. The monoisotopic (exact) mass is 253 g/mol. The van der Waals surface area contributed by atoms with E-state index in [1.165, 1.54) is 43.2 Å². The fourth-order valence-corrected chi connectivity index (χ4v) is 2.47. The molecule has 0 unspecified atom stereocenters. The molecular weight excluding hydrogens is 230 g/mol. The van der Waals surface area contributed by atoms with Crippen LogP contribution in [0.1, 0.15) is 50.2 Å². The first-order valence-electron chi connectivity index (χ1n) is 6.65. The van der Waals surface area contributed by atoms with Crippen molar-refractivity contribution in [3.8, 4) is 0 Å². The Morgan fingerprint density at radius 1 is 1.06 bits per heavy atom. The molecule has 1 rings (SSSR count). The van der Waals surface area contributed by atoms with E-state index in [0.29, 0.717) is 0 Å². The minimum atomic E-state index is 0.844. The molecule has 0 heterocycles. The zero-order valence-electron chi connectivity index (χ0n) is 11.3. The van der Waals surface area contributed by atoms with Crippen molar-refractivity contribution in [2.75, 3.05) is 11.9 Å². The maximum absolute atomic E-state index is 6.23. The normalized spacial score (nSPS) is 10.6. The molecule has 0 fully saturated rings. The molecule has 0 aromatic heterocycles. The molecule has 2 heteroatoms. The number of rotatable bonds is 7. The van der Waals surface area contributed by atoms with Gasteiger partial charge in [-0.15, -0.1) is 0 Å². The molecular formula is C15H24ClN. The van der Waals surface area contributed by atoms with Crippen molar-refractivity contribution in [1.82, 2.24) is 0 Å². The number of halogens is 1. The molecule has 0 amide bonds. The van der Waals surface area contributed by atoms with Gasteiger partial charge in [-0.05, 0) is 37.5 Å². The van der Waals surface area contributed by atoms with Crippen molar-refractivity contribution in [1.29, 1.82) is 0 Å². The molecule has 0 aliphatic rings. The van der Waals surface area contributed by atoms with Gasteiger partial charge in [0.1, 0.15) is 0 Å². The van der Waals surface area contributed by atoms with E-state index in [1.807, 2.05) is 6.07 Å². The predicted octanol–water partition coefficient (Wildman–Crippen LogP) is 5.34. The lowest BCUT2D eigenvalue weighted by Crippen LogP contribution is -2.04. The van der Waals surface area contributed by atoms with Crippen molar-refractivity contribution in [2.45, 2.75) is 52.9 Å². The smallest absolute Gasteiger partial charge is 0.0642 e. The summed E-state index contributed by atoms with van der Waals surface area (Å²) >= 11 is 6.23. The minimum absolute atomic E-state index is 0.844. The van der Waals surface area contributed by atoms with E-state index in [-0.39, 0.29) is 0 Å². The Bertz CT molecular complexity index is 324. The summed E-state index contributed by atoms with van der Waals surface area (Å²) in [5.74, 6) is 0. The quantitative estimate of drug-likeness (QED) is 0.647. The molecule has 1 aromatic carbocycles. The maximum atomic E-state index is 6.23. The molecule has 0 aliphatic heterocycles. The molecule has 0 saturated carbocycles. The maximum Gasteiger partial charge on any atom is 0.0642 e. The molecule has 0 saturated heterocycles. The second kappa shape index (κ2) is 7.60. The highest BCUT2D eigenvalue weighted by Crippen LogP contribution is 2.27. The van der Waals surface area contributed by atoms with E-state index in [1.54, 1.807) is 0 Å². The van der Waals surface area contributed by atoms with Crippen LogP contribution in [-0.2, 0) is 0 Å². The highest BCUT2D eigenvalue weighted by atomic mass is 35.5. The zero-order chi connectivity index (χ0) is 12.7. The molecule has 96 valence electrons. The Kier molecular flexibility index (Phi) is 6.43. The van der Waals surface area contributed by atoms with Gasteiger partial charge < -0.3 is 5.32 Å². The second-order valence-corrected chi connectivity index (χ2v) is 5.19. The van der Waals surface area contributed by atoms with Gasteiger partial charge in [0.15, 0.2) is 0 Å². The first-order chi connectivity index (χ1) is 8.15. The Morgan fingerprint density at radius 2 is 1.76 bits per heavy atom. The van der Waals surface area contributed by atoms with Crippen LogP contribution in [0.5, 0.6) is 0 Å². The number of hydrogen-bond donors (Lipinski definition) is 1. The molecule has 0 aliphatic carbocycles. The third-order valence-corrected chi connectivity index (χ3v) is 3.31. The van der Waals surface area contributed by atoms with Gasteiger partial charge in [0, 0.05) is 6.54 Å². The standard InChI is InChI=1S/C15H24ClN/c1-4-5-6-7-8-9-17-15-13(3)10-12(2)11-14(15)16/h10-11,17H,4-9H2,1-3H3. The van der Waals surface area contributed by atoms with E-state index in [2.05, 4.69) is 32.2 Å². The van der Waals surface area contributed by atoms with Crippen LogP contribution < -0.4 is 5.32 Å². The van der Waals surface area contributed by atoms with Crippen LogP contribution in [0, 0.1) is 13.8 Å². The van der Waals surface area contributed by atoms with Crippen LogP contribution >= 0.6 is 11.6 Å². The van der Waals surface area contributed by atoms with Gasteiger partial charge in [-0.3, -0.25) is 0 Å². The van der Waals surface area contributed by atoms with Crippen LogP contribution in [0.2, 0.25) is 5.02 Å². The lowest BCUT2D eigenvalue weighted by Gasteiger charge is -2.12. The van der Waals surface area contributed by atoms with Crippen LogP contribution in [0.15, 0.2) is 12.1 Å². The second-order valence-electron chi connectivity index (χ2n) is 4.78. The summed E-state index contributed by atoms with van der Waals surface area (Å²) in [6.45, 7) is 7.45. The average molecular weight is 254 g/mol. The fraction of sp³-hybridized carbons (Fsp3) is 0.600. The van der Waals surface area contributed by atoms with Gasteiger partial charge in [-0.1, -0.05) is 50.3 Å². The molecule has 1 N–H and O–H groups in total. The summed E-state index contributed by atoms with van der Waals surface area (Å²) in [5, 5.41) is 4.30. The van der Waals surface area contributed by atoms with Crippen molar-refractivity contribution in [3.05, 3.63) is 28.3 Å². The van der Waals surface area contributed by atoms with Gasteiger partial charge in [-0.25, -0.2) is 0 Å². The van der Waals surface area contributed by atoms with Crippen molar-refractivity contribution in [3.63, 3.8) is 0 Å². The summed E-state index contributed by atoms with van der Waals surface area (Å²) in [6.07, 6.45) is 6.53. The van der Waals surface area contributed by atoms with Gasteiger partial charge in [0.05, 0.1) is 10.7 Å². The summed E-state index contributed by atoms with van der Waals surface area (Å²) in [4.78, 5) is 0. The van der Waals surface area contributed by atoms with Crippen LogP contribution in [0.3, 0.4) is 0 Å². The minimum Gasteiger partial charge on any atom is -0.384 e. The number of aryl methyl sites for hydroxylation is 2. The summed E-state index contributed by atoms with van der Waals surface area (Å²) < 4.78 is 0. The largest absolute Gasteiger partial charge is 0.384 e. The van der Waals surface area contributed by atoms with E-state index in [4.69, 9.17) is 11.6 Å². The summed E-state index contributed by atoms with van der Waals surface area (Å²) in [5.41, 5.74) is 3.57. The lowest BCUT2D eigenvalue weighted by atomic mass is 10.1. The van der Waals surface area contributed by atoms with E-state index in [9.17, 15) is 0 Å². The third-order valence-electron chi connectivity index (χ3n) is 3.01. The first-order valence-corrected chi connectivity index (χ1v) is 7.03. The molecule has 1 nitrogen and oxygen atoms in total. The summed E-state index contributed by atoms with van der Waals surface area (Å²) in [7, 11) is 0. The van der Waals surface area contributed by atoms with Crippen LogP contribution in [-0.4, -0.2) is 6.54 Å². The van der Waals surface area contributed by atoms with Gasteiger partial charge in [-0.2, -0.15) is 0 Å². The number of anilines is 1. The highest BCUT2D eigenvalue weighted by molar-refractivity contribution is 6.33. The van der Waals surface area contributed by atoms with Crippen molar-refractivity contribution >= 4 is 17.3 Å². The fourth-order valence-electron chi connectivity index (χ4n) is 2.08. The first kappa shape index (κ1) is 14.4. The van der Waals surface area contributed by atoms with Crippen molar-refractivity contribution in [2.24, 2.45) is 0 Å². The van der Waals surface area contributed by atoms with E-state index >= 15 is 0 Å². The number of benzene rings is 1. The number of hydrogen-bond acceptors (Lipinski definition) is 1. The van der Waals surface area contributed by atoms with Gasteiger partial charge >= 0.3 is 0 Å². The van der Waals surface area contributed by atoms with Crippen molar-refractivity contribution < 1.29 is 0 Å². The van der Waals surface area contributed by atoms with Crippen LogP contribution in [0.25, 0.3) is 0 Å². The molecule has 0 atom stereocenters. The van der Waals surface area contributed by atoms with Gasteiger partial charge in [0.2, 0.25) is 0 Å². The molecule has 17 heavy (non-hydrogen) atoms. The molecule has 1 aromatic rings. The van der Waals surface area contributed by atoms with E-state index in [0.717, 1.165) is 17.3 Å². The zero-order valence-corrected chi connectivity index (χ0v) is 12.0. The number of nitrogens with one attached hydrogen (secondary N) is 1. The summed E-state index contributed by atoms with van der Waals surface area (Å²) in [6, 6.07) is 4.19. The highest BCUT2D eigenvalue weighted by Gasteiger charge is 2.04. The predicted molar refractivity (Wildman–Crippen MR) is 78.2 cm³/mol. The SMILES string of the molecule is CCCCCCCNc1c(C)cc(C)cc1Cl. The topological polar surface area (TPSA) is 12.0 Å². The Morgan fingerprint density at radius 3 is 2.41 bits per heavy atom. The third kappa shape index (κ3) is 4.99. The Labute approximate surface area is 111 Å². The average Bonchev–Trinajstić information content (AvgIpc) is 2.26.